The van der Waals surface area contributed by atoms with Crippen molar-refractivity contribution < 1.29 is 14.6 Å². The quantitative estimate of drug-likeness (QED) is 0.707. The van der Waals surface area contributed by atoms with Crippen LogP contribution >= 0.6 is 0 Å². The van der Waals surface area contributed by atoms with Gasteiger partial charge in [0.25, 0.3) is 0 Å². The van der Waals surface area contributed by atoms with Gasteiger partial charge >= 0.3 is 6.09 Å². The second-order valence-electron chi connectivity index (χ2n) is 6.59. The monoisotopic (exact) mass is 241 g/mol. The lowest BCUT2D eigenvalue weighted by Gasteiger charge is -2.52. The summed E-state index contributed by atoms with van der Waals surface area (Å²) in [4.78, 5) is 13.5. The minimum Gasteiger partial charge on any atom is -0.444 e. The second-order valence-corrected chi connectivity index (χ2v) is 6.59. The molecule has 0 bridgehead atoms. The Balaban J connectivity index is 1.83. The van der Waals surface area contributed by atoms with Crippen LogP contribution in [0.3, 0.4) is 0 Å². The molecule has 0 radical (unpaired) electrons. The first-order chi connectivity index (χ1) is 7.80. The van der Waals surface area contributed by atoms with Gasteiger partial charge in [0, 0.05) is 18.5 Å². The van der Waals surface area contributed by atoms with E-state index >= 15 is 0 Å². The second kappa shape index (κ2) is 4.16. The highest BCUT2D eigenvalue weighted by Gasteiger charge is 2.48. The molecule has 1 saturated carbocycles. The van der Waals surface area contributed by atoms with Gasteiger partial charge in [-0.15, -0.1) is 0 Å². The molecule has 1 N–H and O–H groups in total. The highest BCUT2D eigenvalue weighted by molar-refractivity contribution is 5.69. The molecule has 2 fully saturated rings. The molecule has 1 unspecified atom stereocenters. The number of carbonyl (C=O) groups excluding carboxylic acids is 1. The van der Waals surface area contributed by atoms with Crippen molar-refractivity contribution >= 4 is 6.09 Å². The predicted octanol–water partition coefficient (Wildman–Crippen LogP) is 2.16. The Labute approximate surface area is 103 Å². The van der Waals surface area contributed by atoms with E-state index in [-0.39, 0.29) is 17.6 Å². The number of aliphatic hydroxyl groups is 1. The van der Waals surface area contributed by atoms with E-state index in [2.05, 4.69) is 0 Å². The average molecular weight is 241 g/mol. The van der Waals surface area contributed by atoms with Gasteiger partial charge < -0.3 is 14.7 Å². The molecular weight excluding hydrogens is 218 g/mol. The third-order valence-electron chi connectivity index (χ3n) is 3.62. The number of ether oxygens (including phenoxy) is 1. The summed E-state index contributed by atoms with van der Waals surface area (Å²) >= 11 is 0. The fourth-order valence-electron chi connectivity index (χ4n) is 2.92. The molecule has 4 heteroatoms. The van der Waals surface area contributed by atoms with E-state index in [9.17, 15) is 9.90 Å². The molecule has 0 aromatic heterocycles. The van der Waals surface area contributed by atoms with E-state index in [1.54, 1.807) is 4.90 Å². The van der Waals surface area contributed by atoms with Crippen LogP contribution < -0.4 is 0 Å². The molecule has 17 heavy (non-hydrogen) atoms. The van der Waals surface area contributed by atoms with Crippen LogP contribution in [0.4, 0.5) is 4.79 Å². The van der Waals surface area contributed by atoms with Crippen LogP contribution in [0.25, 0.3) is 0 Å². The molecule has 1 saturated heterocycles. The Morgan fingerprint density at radius 1 is 1.41 bits per heavy atom. The van der Waals surface area contributed by atoms with Crippen LogP contribution in [0.2, 0.25) is 0 Å². The third-order valence-corrected chi connectivity index (χ3v) is 3.62. The topological polar surface area (TPSA) is 49.8 Å². The van der Waals surface area contributed by atoms with Crippen molar-refractivity contribution in [2.24, 2.45) is 5.41 Å². The summed E-state index contributed by atoms with van der Waals surface area (Å²) in [5.74, 6) is 0. The number of hydrogen-bond donors (Lipinski definition) is 1. The first-order valence-electron chi connectivity index (χ1n) is 6.46. The van der Waals surface area contributed by atoms with Crippen molar-refractivity contribution in [3.63, 3.8) is 0 Å². The van der Waals surface area contributed by atoms with E-state index < -0.39 is 5.60 Å². The fourth-order valence-corrected chi connectivity index (χ4v) is 2.92. The zero-order valence-electron chi connectivity index (χ0n) is 11.0. The van der Waals surface area contributed by atoms with Crippen LogP contribution in [-0.2, 0) is 4.74 Å². The minimum atomic E-state index is -0.425. The summed E-state index contributed by atoms with van der Waals surface area (Å²) in [6.07, 6.45) is 3.56. The van der Waals surface area contributed by atoms with Crippen LogP contribution in [0.1, 0.15) is 46.5 Å². The van der Waals surface area contributed by atoms with Gasteiger partial charge in [-0.3, -0.25) is 0 Å². The molecule has 1 spiro atoms. The van der Waals surface area contributed by atoms with Crippen molar-refractivity contribution in [2.45, 2.75) is 58.2 Å². The Bertz CT molecular complexity index is 302. The van der Waals surface area contributed by atoms with Gasteiger partial charge in [-0.05, 0) is 40.0 Å². The number of carbonyl (C=O) groups is 1. The maximum Gasteiger partial charge on any atom is 0.410 e. The number of hydrogen-bond acceptors (Lipinski definition) is 3. The van der Waals surface area contributed by atoms with Gasteiger partial charge in [0.05, 0.1) is 6.10 Å². The first-order valence-corrected chi connectivity index (χ1v) is 6.46. The Morgan fingerprint density at radius 2 is 2.06 bits per heavy atom. The zero-order chi connectivity index (χ0) is 12.7. The van der Waals surface area contributed by atoms with Crippen molar-refractivity contribution in [3.05, 3.63) is 0 Å². The van der Waals surface area contributed by atoms with E-state index in [0.29, 0.717) is 0 Å². The molecule has 1 amide bonds. The van der Waals surface area contributed by atoms with Crippen molar-refractivity contribution in [2.75, 3.05) is 13.1 Å². The van der Waals surface area contributed by atoms with Gasteiger partial charge in [-0.25, -0.2) is 4.79 Å². The lowest BCUT2D eigenvalue weighted by atomic mass is 9.68. The smallest absolute Gasteiger partial charge is 0.410 e. The minimum absolute atomic E-state index is 0.175. The molecule has 98 valence electrons. The van der Waals surface area contributed by atoms with E-state index in [0.717, 1.165) is 38.8 Å². The van der Waals surface area contributed by atoms with Gasteiger partial charge in [-0.1, -0.05) is 6.42 Å². The molecule has 1 heterocycles. The number of rotatable bonds is 0. The lowest BCUT2D eigenvalue weighted by molar-refractivity contribution is -0.0724. The maximum absolute atomic E-state index is 11.8. The van der Waals surface area contributed by atoms with Crippen LogP contribution in [0.5, 0.6) is 0 Å². The van der Waals surface area contributed by atoms with Crippen LogP contribution in [-0.4, -0.2) is 40.9 Å². The highest BCUT2D eigenvalue weighted by atomic mass is 16.6. The lowest BCUT2D eigenvalue weighted by Crippen LogP contribution is -2.61. The highest BCUT2D eigenvalue weighted by Crippen LogP contribution is 2.44. The molecule has 1 atom stereocenters. The number of aliphatic hydroxyl groups excluding tert-OH is 1. The molecular formula is C13H23NO3. The third kappa shape index (κ3) is 2.92. The number of amides is 1. The molecule has 2 aliphatic rings. The summed E-state index contributed by atoms with van der Waals surface area (Å²) in [7, 11) is 0. The predicted molar refractivity (Wildman–Crippen MR) is 64.7 cm³/mol. The summed E-state index contributed by atoms with van der Waals surface area (Å²) < 4.78 is 5.33. The molecule has 1 aliphatic carbocycles. The normalized spacial score (nSPS) is 27.8. The van der Waals surface area contributed by atoms with Gasteiger partial charge in [0.2, 0.25) is 0 Å². The number of nitrogens with zero attached hydrogens (tertiary/aromatic N) is 1. The molecule has 1 aliphatic heterocycles. The van der Waals surface area contributed by atoms with E-state index in [1.807, 2.05) is 20.8 Å². The number of likely N-dealkylation sites (tertiary alicyclic amines) is 1. The largest absolute Gasteiger partial charge is 0.444 e. The molecule has 2 rings (SSSR count). The Morgan fingerprint density at radius 3 is 2.59 bits per heavy atom. The van der Waals surface area contributed by atoms with Crippen LogP contribution in [0.15, 0.2) is 0 Å². The zero-order valence-corrected chi connectivity index (χ0v) is 11.0. The summed E-state index contributed by atoms with van der Waals surface area (Å²) in [6.45, 7) is 7.14. The average Bonchev–Trinajstić information content (AvgIpc) is 2.10. The first kappa shape index (κ1) is 12.7. The van der Waals surface area contributed by atoms with Crippen molar-refractivity contribution in [1.29, 1.82) is 0 Å². The summed E-state index contributed by atoms with van der Waals surface area (Å²) in [6, 6.07) is 0. The van der Waals surface area contributed by atoms with E-state index in [4.69, 9.17) is 4.74 Å². The SMILES string of the molecule is CC(C)(C)OC(=O)N1CC2(CCCC(O)C2)C1. The summed E-state index contributed by atoms with van der Waals surface area (Å²) in [5.41, 5.74) is -0.250. The fraction of sp³-hybridized carbons (Fsp3) is 0.923. The van der Waals surface area contributed by atoms with Gasteiger partial charge in [-0.2, -0.15) is 0 Å². The standard InChI is InChI=1S/C13H23NO3/c1-12(2,3)17-11(16)14-8-13(9-14)6-4-5-10(15)7-13/h10,15H,4-9H2,1-3H3. The van der Waals surface area contributed by atoms with Crippen molar-refractivity contribution in [3.8, 4) is 0 Å². The van der Waals surface area contributed by atoms with Crippen LogP contribution in [0, 0.1) is 5.41 Å². The van der Waals surface area contributed by atoms with Gasteiger partial charge in [0.15, 0.2) is 0 Å². The van der Waals surface area contributed by atoms with Crippen molar-refractivity contribution in [1.82, 2.24) is 4.90 Å². The Kier molecular flexibility index (Phi) is 3.10. The molecule has 0 aromatic rings. The van der Waals surface area contributed by atoms with Gasteiger partial charge in [0.1, 0.15) is 5.60 Å². The molecule has 0 aromatic carbocycles. The summed E-state index contributed by atoms with van der Waals surface area (Å²) in [5, 5.41) is 9.69. The maximum atomic E-state index is 11.8. The van der Waals surface area contributed by atoms with E-state index in [1.165, 1.54) is 0 Å². The Hall–Kier alpha value is -0.770. The molecule has 4 nitrogen and oxygen atoms in total.